The van der Waals surface area contributed by atoms with Crippen LogP contribution >= 0.6 is 0 Å². The van der Waals surface area contributed by atoms with Gasteiger partial charge in [0.05, 0.1) is 7.11 Å². The number of hydrogen-bond acceptors (Lipinski definition) is 3. The van der Waals surface area contributed by atoms with E-state index in [2.05, 4.69) is 5.32 Å². The molecule has 2 N–H and O–H groups in total. The highest BCUT2D eigenvalue weighted by Gasteiger charge is 2.39. The van der Waals surface area contributed by atoms with E-state index in [1.165, 1.54) is 0 Å². The molecule has 1 aliphatic carbocycles. The van der Waals surface area contributed by atoms with Gasteiger partial charge in [0.15, 0.2) is 0 Å². The summed E-state index contributed by atoms with van der Waals surface area (Å²) in [5, 5.41) is 12.6. The topological polar surface area (TPSA) is 58.6 Å². The lowest BCUT2D eigenvalue weighted by atomic mass is 9.92. The fraction of sp³-hybridized carbons (Fsp3) is 0.462. The molecule has 1 fully saturated rings. The number of carboxylic acids is 1. The Balaban J connectivity index is 2.27. The maximum Gasteiger partial charge on any atom is 0.328 e. The normalized spacial score (nSPS) is 18.5. The van der Waals surface area contributed by atoms with Crippen molar-refractivity contribution in [3.05, 3.63) is 29.8 Å². The zero-order chi connectivity index (χ0) is 12.5. The molecule has 0 aromatic heterocycles. The highest BCUT2D eigenvalue weighted by molar-refractivity contribution is 5.80. The van der Waals surface area contributed by atoms with Gasteiger partial charge < -0.3 is 9.84 Å². The summed E-state index contributed by atoms with van der Waals surface area (Å²) in [5.74, 6) is -0.123. The van der Waals surface area contributed by atoms with E-state index in [0.717, 1.165) is 24.2 Å². The lowest BCUT2D eigenvalue weighted by Crippen LogP contribution is -2.47. The van der Waals surface area contributed by atoms with Crippen LogP contribution in [-0.2, 0) is 10.3 Å². The van der Waals surface area contributed by atoms with Gasteiger partial charge in [0.25, 0.3) is 0 Å². The third-order valence-corrected chi connectivity index (χ3v) is 3.17. The zero-order valence-electron chi connectivity index (χ0n) is 10.1. The first-order valence-corrected chi connectivity index (χ1v) is 5.72. The number of carbonyl (C=O) groups is 1. The Morgan fingerprint density at radius 2 is 2.00 bits per heavy atom. The molecule has 0 aliphatic heterocycles. The first kappa shape index (κ1) is 11.9. The summed E-state index contributed by atoms with van der Waals surface area (Å²) in [6.07, 6.45) is 2.11. The van der Waals surface area contributed by atoms with Gasteiger partial charge in [-0.05, 0) is 37.5 Å². The van der Waals surface area contributed by atoms with Gasteiger partial charge in [0.1, 0.15) is 11.3 Å². The molecule has 1 saturated carbocycles. The molecule has 0 amide bonds. The van der Waals surface area contributed by atoms with E-state index >= 15 is 0 Å². The molecule has 1 aliphatic rings. The van der Waals surface area contributed by atoms with Crippen LogP contribution in [0.1, 0.15) is 25.3 Å². The highest BCUT2D eigenvalue weighted by Crippen LogP contribution is 2.29. The molecule has 0 heterocycles. The monoisotopic (exact) mass is 235 g/mol. The van der Waals surface area contributed by atoms with Crippen molar-refractivity contribution < 1.29 is 14.6 Å². The summed E-state index contributed by atoms with van der Waals surface area (Å²) in [6.45, 7) is 1.70. The summed E-state index contributed by atoms with van der Waals surface area (Å²) in [4.78, 5) is 11.4. The second-order valence-corrected chi connectivity index (χ2v) is 4.58. The third kappa shape index (κ3) is 2.42. The fourth-order valence-corrected chi connectivity index (χ4v) is 1.83. The van der Waals surface area contributed by atoms with Gasteiger partial charge in [0, 0.05) is 6.04 Å². The standard InChI is InChI=1S/C13H17NO3/c1-13(12(15)16,14-10-5-6-10)9-3-7-11(17-2)8-4-9/h3-4,7-8,10,14H,5-6H2,1-2H3,(H,15,16). The van der Waals surface area contributed by atoms with Crippen molar-refractivity contribution in [2.75, 3.05) is 7.11 Å². The van der Waals surface area contributed by atoms with E-state index in [1.807, 2.05) is 0 Å². The number of nitrogens with one attached hydrogen (secondary N) is 1. The van der Waals surface area contributed by atoms with Gasteiger partial charge >= 0.3 is 5.97 Å². The quantitative estimate of drug-likeness (QED) is 0.816. The van der Waals surface area contributed by atoms with Crippen LogP contribution in [0.15, 0.2) is 24.3 Å². The lowest BCUT2D eigenvalue weighted by molar-refractivity contribution is -0.144. The van der Waals surface area contributed by atoms with Gasteiger partial charge in [-0.1, -0.05) is 12.1 Å². The van der Waals surface area contributed by atoms with Crippen molar-refractivity contribution in [3.63, 3.8) is 0 Å². The predicted molar refractivity (Wildman–Crippen MR) is 64.1 cm³/mol. The summed E-state index contributed by atoms with van der Waals surface area (Å²) in [6, 6.07) is 7.49. The Morgan fingerprint density at radius 3 is 2.41 bits per heavy atom. The van der Waals surface area contributed by atoms with Gasteiger partial charge in [0.2, 0.25) is 0 Å². The average molecular weight is 235 g/mol. The Kier molecular flexibility index (Phi) is 3.07. The van der Waals surface area contributed by atoms with Crippen LogP contribution in [-0.4, -0.2) is 24.2 Å². The number of hydrogen-bond donors (Lipinski definition) is 2. The van der Waals surface area contributed by atoms with Gasteiger partial charge in [-0.2, -0.15) is 0 Å². The molecular formula is C13H17NO3. The number of aliphatic carboxylic acids is 1. The maximum absolute atomic E-state index is 11.4. The van der Waals surface area contributed by atoms with Crippen molar-refractivity contribution in [2.24, 2.45) is 0 Å². The minimum atomic E-state index is -1.02. The summed E-state index contributed by atoms with van der Waals surface area (Å²) >= 11 is 0. The van der Waals surface area contributed by atoms with Crippen molar-refractivity contribution in [1.82, 2.24) is 5.32 Å². The van der Waals surface area contributed by atoms with Gasteiger partial charge in [-0.25, -0.2) is 4.79 Å². The van der Waals surface area contributed by atoms with Crippen molar-refractivity contribution >= 4 is 5.97 Å². The van der Waals surface area contributed by atoms with Crippen LogP contribution in [0.2, 0.25) is 0 Å². The molecule has 1 aromatic carbocycles. The molecule has 1 aromatic rings. The van der Waals surface area contributed by atoms with E-state index < -0.39 is 11.5 Å². The van der Waals surface area contributed by atoms with Crippen LogP contribution in [0.5, 0.6) is 5.75 Å². The van der Waals surface area contributed by atoms with Crippen LogP contribution in [0.25, 0.3) is 0 Å². The van der Waals surface area contributed by atoms with Crippen LogP contribution in [0, 0.1) is 0 Å². The van der Waals surface area contributed by atoms with E-state index in [0.29, 0.717) is 6.04 Å². The number of carboxylic acid groups (broad SMARTS) is 1. The second kappa shape index (κ2) is 4.37. The van der Waals surface area contributed by atoms with E-state index in [1.54, 1.807) is 38.3 Å². The molecule has 0 radical (unpaired) electrons. The van der Waals surface area contributed by atoms with E-state index in [4.69, 9.17) is 4.74 Å². The van der Waals surface area contributed by atoms with Crippen molar-refractivity contribution in [3.8, 4) is 5.75 Å². The van der Waals surface area contributed by atoms with Crippen molar-refractivity contribution in [2.45, 2.75) is 31.3 Å². The summed E-state index contributed by atoms with van der Waals surface area (Å²) in [7, 11) is 1.59. The Labute approximate surface area is 101 Å². The first-order chi connectivity index (χ1) is 8.06. The number of benzene rings is 1. The Bertz CT molecular complexity index is 411. The zero-order valence-corrected chi connectivity index (χ0v) is 10.1. The fourth-order valence-electron chi connectivity index (χ4n) is 1.83. The molecule has 1 unspecified atom stereocenters. The third-order valence-electron chi connectivity index (χ3n) is 3.17. The molecule has 1 atom stereocenters. The average Bonchev–Trinajstić information content (AvgIpc) is 3.12. The Morgan fingerprint density at radius 1 is 1.41 bits per heavy atom. The smallest absolute Gasteiger partial charge is 0.328 e. The largest absolute Gasteiger partial charge is 0.497 e. The second-order valence-electron chi connectivity index (χ2n) is 4.58. The molecule has 92 valence electrons. The van der Waals surface area contributed by atoms with Crippen LogP contribution in [0.4, 0.5) is 0 Å². The molecule has 0 saturated heterocycles. The first-order valence-electron chi connectivity index (χ1n) is 5.72. The summed E-state index contributed by atoms with van der Waals surface area (Å²) < 4.78 is 5.07. The molecule has 0 spiro atoms. The highest BCUT2D eigenvalue weighted by atomic mass is 16.5. The van der Waals surface area contributed by atoms with Gasteiger partial charge in [-0.3, -0.25) is 5.32 Å². The Hall–Kier alpha value is -1.55. The number of methoxy groups -OCH3 is 1. The van der Waals surface area contributed by atoms with Gasteiger partial charge in [-0.15, -0.1) is 0 Å². The van der Waals surface area contributed by atoms with E-state index in [-0.39, 0.29) is 0 Å². The minimum absolute atomic E-state index is 0.332. The summed E-state index contributed by atoms with van der Waals surface area (Å²) in [5.41, 5.74) is -0.273. The molecule has 2 rings (SSSR count). The molecule has 17 heavy (non-hydrogen) atoms. The minimum Gasteiger partial charge on any atom is -0.497 e. The molecular weight excluding hydrogens is 218 g/mol. The van der Waals surface area contributed by atoms with Crippen LogP contribution in [0.3, 0.4) is 0 Å². The number of ether oxygens (including phenoxy) is 1. The number of rotatable bonds is 5. The maximum atomic E-state index is 11.4. The molecule has 0 bridgehead atoms. The van der Waals surface area contributed by atoms with Crippen molar-refractivity contribution in [1.29, 1.82) is 0 Å². The molecule has 4 heteroatoms. The molecule has 4 nitrogen and oxygen atoms in total. The van der Waals surface area contributed by atoms with Crippen LogP contribution < -0.4 is 10.1 Å². The van der Waals surface area contributed by atoms with E-state index in [9.17, 15) is 9.90 Å². The lowest BCUT2D eigenvalue weighted by Gasteiger charge is -2.27. The predicted octanol–water partition coefficient (Wildman–Crippen LogP) is 1.75. The SMILES string of the molecule is COc1ccc(C(C)(NC2CC2)C(=O)O)cc1.